The van der Waals surface area contributed by atoms with E-state index < -0.39 is 4.92 Å². The summed E-state index contributed by atoms with van der Waals surface area (Å²) >= 11 is 0. The van der Waals surface area contributed by atoms with Gasteiger partial charge in [-0.25, -0.2) is 0 Å². The molecule has 0 heterocycles. The number of hydrogen-bond acceptors (Lipinski definition) is 3. The highest BCUT2D eigenvalue weighted by Gasteiger charge is 2.14. The van der Waals surface area contributed by atoms with Crippen LogP contribution in [-0.2, 0) is 0 Å². The van der Waals surface area contributed by atoms with Gasteiger partial charge in [-0.15, -0.1) is 0 Å². The number of benzene rings is 1. The van der Waals surface area contributed by atoms with Crippen molar-refractivity contribution in [3.8, 4) is 0 Å². The largest absolute Gasteiger partial charge is 0.352 e. The summed E-state index contributed by atoms with van der Waals surface area (Å²) in [6.07, 6.45) is 0. The summed E-state index contributed by atoms with van der Waals surface area (Å²) in [7, 11) is 0. The van der Waals surface area contributed by atoms with Crippen LogP contribution in [0.5, 0.6) is 0 Å². The van der Waals surface area contributed by atoms with Gasteiger partial charge in [0.2, 0.25) is 0 Å². The quantitative estimate of drug-likeness (QED) is 0.606. The van der Waals surface area contributed by atoms with E-state index in [1.807, 2.05) is 0 Å². The molecular weight excluding hydrogens is 196 g/mol. The first-order chi connectivity index (χ1) is 7.06. The molecule has 80 valence electrons. The Morgan fingerprint density at radius 3 is 2.73 bits per heavy atom. The number of hydrogen-bond donors (Lipinski definition) is 1. The van der Waals surface area contributed by atoms with E-state index in [9.17, 15) is 14.9 Å². The van der Waals surface area contributed by atoms with Gasteiger partial charge in [-0.3, -0.25) is 14.9 Å². The van der Waals surface area contributed by atoms with Gasteiger partial charge in [-0.2, -0.15) is 0 Å². The van der Waals surface area contributed by atoms with Crippen LogP contribution in [0.15, 0.2) is 18.2 Å². The van der Waals surface area contributed by atoms with Crippen molar-refractivity contribution in [2.75, 3.05) is 6.54 Å². The van der Waals surface area contributed by atoms with Gasteiger partial charge in [-0.05, 0) is 19.9 Å². The first-order valence-corrected chi connectivity index (χ1v) is 4.59. The topological polar surface area (TPSA) is 72.2 Å². The van der Waals surface area contributed by atoms with E-state index in [1.54, 1.807) is 26.0 Å². The van der Waals surface area contributed by atoms with Gasteiger partial charge in [0.15, 0.2) is 0 Å². The summed E-state index contributed by atoms with van der Waals surface area (Å²) < 4.78 is 0. The number of nitrogens with zero attached hydrogens (tertiary/aromatic N) is 1. The van der Waals surface area contributed by atoms with E-state index in [4.69, 9.17) is 0 Å². The molecule has 1 amide bonds. The van der Waals surface area contributed by atoms with Crippen LogP contribution >= 0.6 is 0 Å². The molecule has 0 spiro atoms. The average Bonchev–Trinajstić information content (AvgIpc) is 2.18. The second-order valence-electron chi connectivity index (χ2n) is 3.12. The molecule has 0 unspecified atom stereocenters. The van der Waals surface area contributed by atoms with Gasteiger partial charge in [-0.1, -0.05) is 6.07 Å². The standard InChI is InChI=1S/C10H12N2O3/c1-3-11-10(13)8-5-4-7(2)9(6-8)12(14)15/h4-6H,3H2,1-2H3,(H,11,13). The minimum Gasteiger partial charge on any atom is -0.352 e. The molecule has 0 bridgehead atoms. The Morgan fingerprint density at radius 2 is 2.20 bits per heavy atom. The molecule has 0 atom stereocenters. The zero-order chi connectivity index (χ0) is 11.4. The SMILES string of the molecule is CCNC(=O)c1ccc(C)c([N+](=O)[O-])c1. The molecule has 15 heavy (non-hydrogen) atoms. The Bertz CT molecular complexity index is 402. The maximum absolute atomic E-state index is 11.4. The lowest BCUT2D eigenvalue weighted by molar-refractivity contribution is -0.385. The number of carbonyl (C=O) groups excluding carboxylic acids is 1. The van der Waals surface area contributed by atoms with E-state index in [-0.39, 0.29) is 11.6 Å². The maximum atomic E-state index is 11.4. The molecule has 0 aromatic heterocycles. The summed E-state index contributed by atoms with van der Waals surface area (Å²) in [4.78, 5) is 21.5. The molecule has 1 N–H and O–H groups in total. The lowest BCUT2D eigenvalue weighted by Gasteiger charge is -2.03. The second-order valence-corrected chi connectivity index (χ2v) is 3.12. The fourth-order valence-electron chi connectivity index (χ4n) is 1.21. The van der Waals surface area contributed by atoms with Crippen LogP contribution in [-0.4, -0.2) is 17.4 Å². The van der Waals surface area contributed by atoms with E-state index >= 15 is 0 Å². The minimum absolute atomic E-state index is 0.0289. The van der Waals surface area contributed by atoms with Gasteiger partial charge in [0.1, 0.15) is 0 Å². The Hall–Kier alpha value is -1.91. The molecule has 0 saturated heterocycles. The van der Waals surface area contributed by atoms with Crippen LogP contribution in [0.1, 0.15) is 22.8 Å². The molecule has 0 aliphatic carbocycles. The monoisotopic (exact) mass is 208 g/mol. The molecule has 1 aromatic rings. The molecular formula is C10H12N2O3. The maximum Gasteiger partial charge on any atom is 0.273 e. The third-order valence-corrected chi connectivity index (χ3v) is 2.01. The normalized spacial score (nSPS) is 9.73. The number of aryl methyl sites for hydroxylation is 1. The van der Waals surface area contributed by atoms with Crippen molar-refractivity contribution in [2.45, 2.75) is 13.8 Å². The number of nitro groups is 1. The third-order valence-electron chi connectivity index (χ3n) is 2.01. The van der Waals surface area contributed by atoms with Gasteiger partial charge in [0.05, 0.1) is 4.92 Å². The highest BCUT2D eigenvalue weighted by Crippen LogP contribution is 2.18. The fourth-order valence-corrected chi connectivity index (χ4v) is 1.21. The van der Waals surface area contributed by atoms with Crippen molar-refractivity contribution in [2.24, 2.45) is 0 Å². The molecule has 1 rings (SSSR count). The average molecular weight is 208 g/mol. The number of carbonyl (C=O) groups is 1. The lowest BCUT2D eigenvalue weighted by atomic mass is 10.1. The Balaban J connectivity index is 3.07. The van der Waals surface area contributed by atoms with Gasteiger partial charge < -0.3 is 5.32 Å². The Labute approximate surface area is 87.3 Å². The van der Waals surface area contributed by atoms with Crippen molar-refractivity contribution < 1.29 is 9.72 Å². The molecule has 0 fully saturated rings. The number of nitrogens with one attached hydrogen (secondary N) is 1. The number of nitro benzene ring substituents is 1. The predicted octanol–water partition coefficient (Wildman–Crippen LogP) is 1.65. The molecule has 0 saturated carbocycles. The van der Waals surface area contributed by atoms with Crippen LogP contribution in [0.3, 0.4) is 0 Å². The van der Waals surface area contributed by atoms with Gasteiger partial charge in [0, 0.05) is 23.7 Å². The summed E-state index contributed by atoms with van der Waals surface area (Å²) in [5.41, 5.74) is 0.834. The lowest BCUT2D eigenvalue weighted by Crippen LogP contribution is -2.22. The molecule has 5 heteroatoms. The molecule has 0 radical (unpaired) electrons. The molecule has 0 aliphatic rings. The first kappa shape index (κ1) is 11.2. The van der Waals surface area contributed by atoms with E-state index in [2.05, 4.69) is 5.32 Å². The van der Waals surface area contributed by atoms with Crippen molar-refractivity contribution in [3.05, 3.63) is 39.4 Å². The molecule has 5 nitrogen and oxygen atoms in total. The highest BCUT2D eigenvalue weighted by atomic mass is 16.6. The Kier molecular flexibility index (Phi) is 3.38. The summed E-state index contributed by atoms with van der Waals surface area (Å²) in [6, 6.07) is 4.44. The van der Waals surface area contributed by atoms with Crippen molar-refractivity contribution in [3.63, 3.8) is 0 Å². The summed E-state index contributed by atoms with van der Waals surface area (Å²) in [5.74, 6) is -0.291. The first-order valence-electron chi connectivity index (χ1n) is 4.59. The van der Waals surface area contributed by atoms with Gasteiger partial charge in [0.25, 0.3) is 11.6 Å². The van der Waals surface area contributed by atoms with Crippen LogP contribution in [0, 0.1) is 17.0 Å². The third kappa shape index (κ3) is 2.52. The number of amides is 1. The molecule has 0 aliphatic heterocycles. The van der Waals surface area contributed by atoms with Crippen molar-refractivity contribution in [1.82, 2.24) is 5.32 Å². The smallest absolute Gasteiger partial charge is 0.273 e. The Morgan fingerprint density at radius 1 is 1.53 bits per heavy atom. The van der Waals surface area contributed by atoms with Crippen molar-refractivity contribution in [1.29, 1.82) is 0 Å². The van der Waals surface area contributed by atoms with Crippen LogP contribution in [0.2, 0.25) is 0 Å². The minimum atomic E-state index is -0.488. The van der Waals surface area contributed by atoms with E-state index in [1.165, 1.54) is 6.07 Å². The highest BCUT2D eigenvalue weighted by molar-refractivity contribution is 5.94. The van der Waals surface area contributed by atoms with Crippen LogP contribution in [0.25, 0.3) is 0 Å². The zero-order valence-electron chi connectivity index (χ0n) is 8.61. The fraction of sp³-hybridized carbons (Fsp3) is 0.300. The van der Waals surface area contributed by atoms with E-state index in [0.717, 1.165) is 0 Å². The van der Waals surface area contributed by atoms with Gasteiger partial charge >= 0.3 is 0 Å². The zero-order valence-corrected chi connectivity index (χ0v) is 8.61. The van der Waals surface area contributed by atoms with E-state index in [0.29, 0.717) is 17.7 Å². The second kappa shape index (κ2) is 4.54. The predicted molar refractivity (Wildman–Crippen MR) is 55.8 cm³/mol. The number of rotatable bonds is 3. The summed E-state index contributed by atoms with van der Waals surface area (Å²) in [5, 5.41) is 13.2. The summed E-state index contributed by atoms with van der Waals surface area (Å²) in [6.45, 7) is 3.93. The van der Waals surface area contributed by atoms with Crippen molar-refractivity contribution >= 4 is 11.6 Å². The van der Waals surface area contributed by atoms with Crippen LogP contribution < -0.4 is 5.32 Å². The molecule has 1 aromatic carbocycles. The van der Waals surface area contributed by atoms with Crippen LogP contribution in [0.4, 0.5) is 5.69 Å².